The number of methoxy groups -OCH3 is 1. The van der Waals surface area contributed by atoms with Crippen LogP contribution in [-0.2, 0) is 4.74 Å². The van der Waals surface area contributed by atoms with Crippen LogP contribution in [0.15, 0.2) is 48.1 Å². The van der Waals surface area contributed by atoms with Gasteiger partial charge in [-0.3, -0.25) is 4.90 Å². The first-order valence-electron chi connectivity index (χ1n) is 10.1. The third-order valence-corrected chi connectivity index (χ3v) is 7.59. The van der Waals surface area contributed by atoms with Gasteiger partial charge in [0.2, 0.25) is 0 Å². The third-order valence-electron chi connectivity index (χ3n) is 5.69. The van der Waals surface area contributed by atoms with Gasteiger partial charge >= 0.3 is 0 Å². The number of rotatable bonds is 6. The van der Waals surface area contributed by atoms with E-state index in [1.54, 1.807) is 29.8 Å². The van der Waals surface area contributed by atoms with E-state index in [0.717, 1.165) is 53.2 Å². The molecular weight excluding hydrogens is 412 g/mol. The molecule has 5 nitrogen and oxygen atoms in total. The number of hydrogen-bond acceptors (Lipinski definition) is 7. The zero-order chi connectivity index (χ0) is 20.5. The SMILES string of the molecule is COCCN1CCC=C(c2cc3c(Nc4ccc5scnc5c4)ccnc3s2)C1C. The van der Waals surface area contributed by atoms with Crippen LogP contribution in [0, 0.1) is 0 Å². The lowest BCUT2D eigenvalue weighted by Gasteiger charge is -2.33. The molecule has 0 amide bonds. The van der Waals surface area contributed by atoms with E-state index in [2.05, 4.69) is 57.4 Å². The number of anilines is 2. The fourth-order valence-electron chi connectivity index (χ4n) is 4.05. The molecule has 0 saturated heterocycles. The van der Waals surface area contributed by atoms with Crippen LogP contribution in [0.1, 0.15) is 18.2 Å². The number of benzene rings is 1. The van der Waals surface area contributed by atoms with Crippen molar-refractivity contribution in [3.05, 3.63) is 53.0 Å². The van der Waals surface area contributed by atoms with Gasteiger partial charge in [-0.05, 0) is 49.2 Å². The van der Waals surface area contributed by atoms with Crippen molar-refractivity contribution in [2.75, 3.05) is 32.1 Å². The second-order valence-corrected chi connectivity index (χ2v) is 9.42. The summed E-state index contributed by atoms with van der Waals surface area (Å²) in [5.74, 6) is 0. The number of aromatic nitrogens is 2. The molecule has 3 aromatic heterocycles. The molecule has 1 N–H and O–H groups in total. The minimum atomic E-state index is 0.380. The molecule has 0 radical (unpaired) electrons. The highest BCUT2D eigenvalue weighted by molar-refractivity contribution is 7.19. The van der Waals surface area contributed by atoms with Crippen LogP contribution >= 0.6 is 22.7 Å². The Kier molecular flexibility index (Phi) is 5.52. The Balaban J connectivity index is 1.45. The van der Waals surface area contributed by atoms with E-state index in [4.69, 9.17) is 4.74 Å². The Morgan fingerprint density at radius 1 is 1.23 bits per heavy atom. The van der Waals surface area contributed by atoms with Crippen molar-refractivity contribution < 1.29 is 4.74 Å². The quantitative estimate of drug-likeness (QED) is 0.416. The average Bonchev–Trinajstić information content (AvgIpc) is 3.40. The van der Waals surface area contributed by atoms with Crippen LogP contribution < -0.4 is 5.32 Å². The highest BCUT2D eigenvalue weighted by Gasteiger charge is 2.24. The van der Waals surface area contributed by atoms with Gasteiger partial charge in [0.05, 0.1) is 28.0 Å². The van der Waals surface area contributed by atoms with E-state index in [0.29, 0.717) is 6.04 Å². The van der Waals surface area contributed by atoms with E-state index >= 15 is 0 Å². The minimum Gasteiger partial charge on any atom is -0.383 e. The number of pyridine rings is 1. The molecule has 0 spiro atoms. The summed E-state index contributed by atoms with van der Waals surface area (Å²) >= 11 is 3.44. The molecule has 1 aromatic carbocycles. The van der Waals surface area contributed by atoms with E-state index in [-0.39, 0.29) is 0 Å². The maximum absolute atomic E-state index is 5.30. The smallest absolute Gasteiger partial charge is 0.125 e. The fraction of sp³-hybridized carbons (Fsp3) is 0.304. The Bertz CT molecular complexity index is 1210. The Hall–Kier alpha value is -2.32. The lowest BCUT2D eigenvalue weighted by Crippen LogP contribution is -2.39. The second-order valence-electron chi connectivity index (χ2n) is 7.50. The number of fused-ring (bicyclic) bond motifs is 2. The van der Waals surface area contributed by atoms with Gasteiger partial charge in [-0.25, -0.2) is 9.97 Å². The molecule has 154 valence electrons. The predicted molar refractivity (Wildman–Crippen MR) is 128 cm³/mol. The summed E-state index contributed by atoms with van der Waals surface area (Å²) in [5, 5.41) is 4.74. The van der Waals surface area contributed by atoms with Gasteiger partial charge < -0.3 is 10.1 Å². The number of ether oxygens (including phenoxy) is 1. The molecule has 5 rings (SSSR count). The third kappa shape index (κ3) is 3.74. The highest BCUT2D eigenvalue weighted by Crippen LogP contribution is 2.38. The van der Waals surface area contributed by atoms with Crippen molar-refractivity contribution in [1.29, 1.82) is 0 Å². The molecular formula is C23H24N4OS2. The van der Waals surface area contributed by atoms with Crippen molar-refractivity contribution in [3.63, 3.8) is 0 Å². The van der Waals surface area contributed by atoms with Gasteiger partial charge in [-0.15, -0.1) is 22.7 Å². The summed E-state index contributed by atoms with van der Waals surface area (Å²) in [6.07, 6.45) is 5.35. The number of nitrogens with zero attached hydrogens (tertiary/aromatic N) is 3. The zero-order valence-electron chi connectivity index (χ0n) is 17.1. The molecule has 1 aliphatic rings. The van der Waals surface area contributed by atoms with Gasteiger partial charge in [-0.2, -0.15) is 0 Å². The first-order valence-corrected chi connectivity index (χ1v) is 11.8. The van der Waals surface area contributed by atoms with E-state index in [1.807, 2.05) is 17.8 Å². The molecule has 1 unspecified atom stereocenters. The molecule has 4 aromatic rings. The maximum Gasteiger partial charge on any atom is 0.125 e. The first kappa shape index (κ1) is 19.6. The highest BCUT2D eigenvalue weighted by atomic mass is 32.1. The molecule has 0 saturated carbocycles. The second kappa shape index (κ2) is 8.43. The van der Waals surface area contributed by atoms with Gasteiger partial charge in [0, 0.05) is 48.4 Å². The molecule has 7 heteroatoms. The zero-order valence-corrected chi connectivity index (χ0v) is 18.7. The number of hydrogen-bond donors (Lipinski definition) is 1. The molecule has 0 fully saturated rings. The van der Waals surface area contributed by atoms with Gasteiger partial charge in [-0.1, -0.05) is 6.08 Å². The van der Waals surface area contributed by atoms with Crippen LogP contribution in [0.3, 0.4) is 0 Å². The van der Waals surface area contributed by atoms with Gasteiger partial charge in [0.1, 0.15) is 4.83 Å². The Morgan fingerprint density at radius 2 is 2.17 bits per heavy atom. The summed E-state index contributed by atoms with van der Waals surface area (Å²) in [7, 11) is 1.77. The van der Waals surface area contributed by atoms with Crippen LogP contribution in [0.4, 0.5) is 11.4 Å². The average molecular weight is 437 g/mol. The molecule has 1 atom stereocenters. The molecule has 0 aliphatic carbocycles. The monoisotopic (exact) mass is 436 g/mol. The fourth-order valence-corrected chi connectivity index (χ4v) is 5.86. The van der Waals surface area contributed by atoms with E-state index in [1.165, 1.54) is 15.2 Å². The van der Waals surface area contributed by atoms with Crippen LogP contribution in [-0.4, -0.2) is 47.7 Å². The number of nitrogens with one attached hydrogen (secondary N) is 1. The summed E-state index contributed by atoms with van der Waals surface area (Å²) in [5.41, 5.74) is 6.44. The van der Waals surface area contributed by atoms with E-state index in [9.17, 15) is 0 Å². The lowest BCUT2D eigenvalue weighted by atomic mass is 9.99. The summed E-state index contributed by atoms with van der Waals surface area (Å²) in [6.45, 7) is 5.11. The summed E-state index contributed by atoms with van der Waals surface area (Å²) in [4.78, 5) is 13.9. The largest absolute Gasteiger partial charge is 0.383 e. The Labute approximate surface area is 184 Å². The van der Waals surface area contributed by atoms with Crippen molar-refractivity contribution in [3.8, 4) is 0 Å². The van der Waals surface area contributed by atoms with Crippen molar-refractivity contribution in [1.82, 2.24) is 14.9 Å². The first-order chi connectivity index (χ1) is 14.7. The van der Waals surface area contributed by atoms with E-state index < -0.39 is 0 Å². The van der Waals surface area contributed by atoms with Crippen LogP contribution in [0.5, 0.6) is 0 Å². The molecule has 4 heterocycles. The standard InChI is InChI=1S/C23H24N4OS2/c1-15-17(4-3-9-27(15)10-11-28-2)22-13-18-19(7-8-24-23(18)30-22)26-16-5-6-21-20(12-16)25-14-29-21/h4-8,12-15H,3,9-11H2,1-2H3,(H,24,26). The molecule has 30 heavy (non-hydrogen) atoms. The van der Waals surface area contributed by atoms with Crippen molar-refractivity contribution in [2.24, 2.45) is 0 Å². The lowest BCUT2D eigenvalue weighted by molar-refractivity contribution is 0.137. The van der Waals surface area contributed by atoms with Gasteiger partial charge in [0.25, 0.3) is 0 Å². The molecule has 1 aliphatic heterocycles. The van der Waals surface area contributed by atoms with Crippen LogP contribution in [0.25, 0.3) is 26.0 Å². The summed E-state index contributed by atoms with van der Waals surface area (Å²) < 4.78 is 6.50. The van der Waals surface area contributed by atoms with Crippen molar-refractivity contribution in [2.45, 2.75) is 19.4 Å². The number of thiophene rings is 1. The number of thiazole rings is 1. The van der Waals surface area contributed by atoms with Gasteiger partial charge in [0.15, 0.2) is 0 Å². The van der Waals surface area contributed by atoms with Crippen LogP contribution in [0.2, 0.25) is 0 Å². The predicted octanol–water partition coefficient (Wildman–Crippen LogP) is 5.77. The summed E-state index contributed by atoms with van der Waals surface area (Å²) in [6, 6.07) is 11.1. The molecule has 0 bridgehead atoms. The minimum absolute atomic E-state index is 0.380. The topological polar surface area (TPSA) is 50.3 Å². The Morgan fingerprint density at radius 3 is 3.07 bits per heavy atom. The normalized spacial score (nSPS) is 17.5. The van der Waals surface area contributed by atoms with Crippen molar-refractivity contribution >= 4 is 60.1 Å². The maximum atomic E-state index is 5.30.